The SMILES string of the molecule is CC(C)c1c(C(C)N)[nH][nH]c1=O. The van der Waals surface area contributed by atoms with Crippen molar-refractivity contribution in [1.82, 2.24) is 10.2 Å². The molecule has 4 N–H and O–H groups in total. The third-order valence-electron chi connectivity index (χ3n) is 1.88. The number of hydrogen-bond acceptors (Lipinski definition) is 2. The van der Waals surface area contributed by atoms with Gasteiger partial charge < -0.3 is 10.8 Å². The highest BCUT2D eigenvalue weighted by atomic mass is 16.1. The van der Waals surface area contributed by atoms with Gasteiger partial charge in [0, 0.05) is 11.6 Å². The number of aromatic amines is 2. The van der Waals surface area contributed by atoms with E-state index < -0.39 is 0 Å². The molecule has 12 heavy (non-hydrogen) atoms. The van der Waals surface area contributed by atoms with Crippen LogP contribution in [0.3, 0.4) is 0 Å². The quantitative estimate of drug-likeness (QED) is 0.613. The molecule has 0 aliphatic heterocycles. The number of nitrogens with two attached hydrogens (primary N) is 1. The number of nitrogens with one attached hydrogen (secondary N) is 2. The van der Waals surface area contributed by atoms with Crippen molar-refractivity contribution in [2.45, 2.75) is 32.7 Å². The van der Waals surface area contributed by atoms with E-state index in [1.807, 2.05) is 20.8 Å². The summed E-state index contributed by atoms with van der Waals surface area (Å²) < 4.78 is 0. The fraction of sp³-hybridized carbons (Fsp3) is 0.625. The maximum atomic E-state index is 11.2. The van der Waals surface area contributed by atoms with Gasteiger partial charge in [-0.3, -0.25) is 9.89 Å². The highest BCUT2D eigenvalue weighted by molar-refractivity contribution is 5.22. The molecule has 1 aromatic rings. The van der Waals surface area contributed by atoms with Crippen LogP contribution in [0.5, 0.6) is 0 Å². The Morgan fingerprint density at radius 1 is 1.25 bits per heavy atom. The maximum absolute atomic E-state index is 11.2. The predicted molar refractivity (Wildman–Crippen MR) is 48.1 cm³/mol. The summed E-state index contributed by atoms with van der Waals surface area (Å²) in [7, 11) is 0. The summed E-state index contributed by atoms with van der Waals surface area (Å²) >= 11 is 0. The zero-order valence-corrected chi connectivity index (χ0v) is 7.64. The Labute approximate surface area is 71.2 Å². The van der Waals surface area contributed by atoms with Crippen LogP contribution >= 0.6 is 0 Å². The van der Waals surface area contributed by atoms with Crippen molar-refractivity contribution in [3.8, 4) is 0 Å². The Hall–Kier alpha value is -1.03. The minimum atomic E-state index is -0.124. The molecule has 0 aliphatic rings. The highest BCUT2D eigenvalue weighted by Crippen LogP contribution is 2.17. The molecule has 0 aromatic carbocycles. The number of hydrogen-bond donors (Lipinski definition) is 3. The Bertz CT molecular complexity index is 308. The van der Waals surface area contributed by atoms with Crippen LogP contribution in [-0.4, -0.2) is 10.2 Å². The van der Waals surface area contributed by atoms with Crippen LogP contribution in [0.1, 0.15) is 44.0 Å². The van der Waals surface area contributed by atoms with Crippen molar-refractivity contribution in [3.05, 3.63) is 21.6 Å². The Morgan fingerprint density at radius 2 is 1.83 bits per heavy atom. The third-order valence-corrected chi connectivity index (χ3v) is 1.88. The lowest BCUT2D eigenvalue weighted by molar-refractivity contribution is 0.739. The molecule has 68 valence electrons. The Balaban J connectivity index is 3.22. The molecule has 1 unspecified atom stereocenters. The number of H-pyrrole nitrogens is 2. The summed E-state index contributed by atoms with van der Waals surface area (Å²) in [6, 6.07) is -0.124. The first-order valence-electron chi connectivity index (χ1n) is 4.10. The standard InChI is InChI=1S/C8H15N3O/c1-4(2)6-7(5(3)9)10-11-8(6)12/h4-5H,9H2,1-3H3,(H2,10,11,12). The van der Waals surface area contributed by atoms with E-state index in [0.717, 1.165) is 11.3 Å². The fourth-order valence-electron chi connectivity index (χ4n) is 1.31. The first-order valence-corrected chi connectivity index (χ1v) is 4.10. The minimum absolute atomic E-state index is 0.0581. The van der Waals surface area contributed by atoms with Gasteiger partial charge in [0.15, 0.2) is 0 Å². The first-order chi connectivity index (χ1) is 5.54. The maximum Gasteiger partial charge on any atom is 0.267 e. The average Bonchev–Trinajstić information content (AvgIpc) is 2.30. The second-order valence-corrected chi connectivity index (χ2v) is 3.35. The van der Waals surface area contributed by atoms with Crippen LogP contribution in [-0.2, 0) is 0 Å². The van der Waals surface area contributed by atoms with Crippen molar-refractivity contribution < 1.29 is 0 Å². The lowest BCUT2D eigenvalue weighted by atomic mass is 10.0. The summed E-state index contributed by atoms with van der Waals surface area (Å²) in [5, 5.41) is 5.33. The van der Waals surface area contributed by atoms with E-state index in [1.165, 1.54) is 0 Å². The molecule has 4 heteroatoms. The van der Waals surface area contributed by atoms with Crippen molar-refractivity contribution in [2.75, 3.05) is 0 Å². The van der Waals surface area contributed by atoms with Crippen LogP contribution in [0.4, 0.5) is 0 Å². The van der Waals surface area contributed by atoms with Gasteiger partial charge in [-0.25, -0.2) is 0 Å². The lowest BCUT2D eigenvalue weighted by Gasteiger charge is -2.07. The van der Waals surface area contributed by atoms with Crippen molar-refractivity contribution in [3.63, 3.8) is 0 Å². The minimum Gasteiger partial charge on any atom is -0.323 e. The van der Waals surface area contributed by atoms with Gasteiger partial charge >= 0.3 is 0 Å². The molecule has 1 aromatic heterocycles. The molecule has 1 heterocycles. The predicted octanol–water partition coefficient (Wildman–Crippen LogP) is 0.846. The van der Waals surface area contributed by atoms with Crippen molar-refractivity contribution in [2.24, 2.45) is 5.73 Å². The second-order valence-electron chi connectivity index (χ2n) is 3.35. The van der Waals surface area contributed by atoms with E-state index in [0.29, 0.717) is 0 Å². The molecule has 0 spiro atoms. The van der Waals surface area contributed by atoms with Gasteiger partial charge in [0.25, 0.3) is 5.56 Å². The van der Waals surface area contributed by atoms with Crippen molar-refractivity contribution in [1.29, 1.82) is 0 Å². The van der Waals surface area contributed by atoms with Crippen LogP contribution in [0.15, 0.2) is 4.79 Å². The van der Waals surface area contributed by atoms with E-state index in [4.69, 9.17) is 5.73 Å². The molecule has 1 atom stereocenters. The molecule has 0 radical (unpaired) electrons. The van der Waals surface area contributed by atoms with Crippen LogP contribution in [0.25, 0.3) is 0 Å². The summed E-state index contributed by atoms with van der Waals surface area (Å²) in [4.78, 5) is 11.2. The summed E-state index contributed by atoms with van der Waals surface area (Å²) in [5.41, 5.74) is 7.20. The summed E-state index contributed by atoms with van der Waals surface area (Å²) in [5.74, 6) is 0.209. The first kappa shape index (κ1) is 9.06. The van der Waals surface area contributed by atoms with Gasteiger partial charge in [0.2, 0.25) is 0 Å². The van der Waals surface area contributed by atoms with Gasteiger partial charge in [-0.05, 0) is 12.8 Å². The van der Waals surface area contributed by atoms with E-state index >= 15 is 0 Å². The average molecular weight is 169 g/mol. The third kappa shape index (κ3) is 1.43. The van der Waals surface area contributed by atoms with Crippen LogP contribution < -0.4 is 11.3 Å². The molecular formula is C8H15N3O. The topological polar surface area (TPSA) is 74.7 Å². The smallest absolute Gasteiger partial charge is 0.267 e. The van der Waals surface area contributed by atoms with Gasteiger partial charge in [-0.1, -0.05) is 13.8 Å². The summed E-state index contributed by atoms with van der Waals surface area (Å²) in [6.07, 6.45) is 0. The zero-order valence-electron chi connectivity index (χ0n) is 7.64. The van der Waals surface area contributed by atoms with Crippen molar-refractivity contribution >= 4 is 0 Å². The van der Waals surface area contributed by atoms with E-state index in [2.05, 4.69) is 10.2 Å². The molecule has 4 nitrogen and oxygen atoms in total. The molecule has 0 amide bonds. The van der Waals surface area contributed by atoms with Crippen LogP contribution in [0.2, 0.25) is 0 Å². The second kappa shape index (κ2) is 3.15. The van der Waals surface area contributed by atoms with E-state index in [1.54, 1.807) is 0 Å². The molecule has 0 saturated carbocycles. The summed E-state index contributed by atoms with van der Waals surface area (Å²) in [6.45, 7) is 5.81. The van der Waals surface area contributed by atoms with E-state index in [-0.39, 0.29) is 17.5 Å². The Morgan fingerprint density at radius 3 is 2.17 bits per heavy atom. The van der Waals surface area contributed by atoms with Gasteiger partial charge in [0.05, 0.1) is 5.69 Å². The van der Waals surface area contributed by atoms with Crippen LogP contribution in [0, 0.1) is 0 Å². The number of aromatic nitrogens is 2. The normalized spacial score (nSPS) is 13.8. The largest absolute Gasteiger partial charge is 0.323 e. The molecule has 1 rings (SSSR count). The molecule has 0 saturated heterocycles. The van der Waals surface area contributed by atoms with Gasteiger partial charge in [-0.2, -0.15) is 0 Å². The molecular weight excluding hydrogens is 154 g/mol. The number of rotatable bonds is 2. The highest BCUT2D eigenvalue weighted by Gasteiger charge is 2.15. The zero-order chi connectivity index (χ0) is 9.30. The molecule has 0 aliphatic carbocycles. The monoisotopic (exact) mass is 169 g/mol. The molecule has 0 bridgehead atoms. The fourth-order valence-corrected chi connectivity index (χ4v) is 1.31. The Kier molecular flexibility index (Phi) is 2.38. The lowest BCUT2D eigenvalue weighted by Crippen LogP contribution is -2.13. The van der Waals surface area contributed by atoms with E-state index in [9.17, 15) is 4.79 Å². The van der Waals surface area contributed by atoms with Gasteiger partial charge in [-0.15, -0.1) is 0 Å². The molecule has 0 fully saturated rings. The van der Waals surface area contributed by atoms with Gasteiger partial charge in [0.1, 0.15) is 0 Å².